The van der Waals surface area contributed by atoms with Crippen LogP contribution in [0.5, 0.6) is 0 Å². The quantitative estimate of drug-likeness (QED) is 0.826. The highest BCUT2D eigenvalue weighted by atomic mass is 16.3. The molecule has 3 heteroatoms. The molecule has 0 aliphatic carbocycles. The summed E-state index contributed by atoms with van der Waals surface area (Å²) in [6.45, 7) is 6.03. The predicted molar refractivity (Wildman–Crippen MR) is 71.7 cm³/mol. The largest absolute Gasteiger partial charge is 0.393 e. The molecule has 1 N–H and O–H groups in total. The van der Waals surface area contributed by atoms with Crippen LogP contribution in [0.15, 0.2) is 24.3 Å². The highest BCUT2D eigenvalue weighted by Gasteiger charge is 2.27. The number of benzene rings is 1. The molecular formula is C15H21NO2. The number of nitrogens with zero attached hydrogens (tertiary/aromatic N) is 1. The van der Waals surface area contributed by atoms with Crippen LogP contribution in [0.25, 0.3) is 0 Å². The van der Waals surface area contributed by atoms with E-state index in [9.17, 15) is 9.90 Å². The molecule has 98 valence electrons. The third-order valence-corrected chi connectivity index (χ3v) is 3.70. The molecule has 1 aliphatic rings. The molecule has 2 atom stereocenters. The second-order valence-corrected chi connectivity index (χ2v) is 5.32. The van der Waals surface area contributed by atoms with Gasteiger partial charge in [0, 0.05) is 12.1 Å². The fraction of sp³-hybridized carbons (Fsp3) is 0.533. The number of hydrogen-bond donors (Lipinski definition) is 1. The summed E-state index contributed by atoms with van der Waals surface area (Å²) in [5.41, 5.74) is 1.90. The van der Waals surface area contributed by atoms with Gasteiger partial charge in [-0.05, 0) is 38.8 Å². The van der Waals surface area contributed by atoms with Crippen molar-refractivity contribution in [1.82, 2.24) is 4.90 Å². The molecule has 0 saturated carbocycles. The lowest BCUT2D eigenvalue weighted by Gasteiger charge is -2.16. The van der Waals surface area contributed by atoms with Crippen molar-refractivity contribution in [3.63, 3.8) is 0 Å². The Morgan fingerprint density at radius 2 is 2.33 bits per heavy atom. The molecule has 1 fully saturated rings. The molecule has 0 bridgehead atoms. The fourth-order valence-electron chi connectivity index (χ4n) is 2.51. The Morgan fingerprint density at radius 1 is 1.56 bits per heavy atom. The van der Waals surface area contributed by atoms with E-state index in [2.05, 4.69) is 4.90 Å². The molecule has 0 spiro atoms. The van der Waals surface area contributed by atoms with Crippen molar-refractivity contribution in [3.05, 3.63) is 35.4 Å². The Bertz CT molecular complexity index is 428. The number of carbonyl (C=O) groups excluding carboxylic acids is 1. The average molecular weight is 247 g/mol. The van der Waals surface area contributed by atoms with E-state index in [4.69, 9.17) is 0 Å². The standard InChI is InChI=1S/C15H21NO2/c1-11-4-3-5-13(8-11)15(18)10-16-7-6-14(9-16)12(2)17/h3-5,8,12,14,17H,6-7,9-10H2,1-2H3. The lowest BCUT2D eigenvalue weighted by molar-refractivity contribution is 0.0925. The first kappa shape index (κ1) is 13.2. The molecule has 2 unspecified atom stereocenters. The van der Waals surface area contributed by atoms with Crippen LogP contribution in [0.2, 0.25) is 0 Å². The number of carbonyl (C=O) groups is 1. The molecule has 0 aromatic heterocycles. The third kappa shape index (κ3) is 3.18. The van der Waals surface area contributed by atoms with Gasteiger partial charge < -0.3 is 5.11 Å². The van der Waals surface area contributed by atoms with Crippen LogP contribution in [0.1, 0.15) is 29.3 Å². The van der Waals surface area contributed by atoms with Crippen LogP contribution in [-0.4, -0.2) is 41.5 Å². The number of aliphatic hydroxyl groups excluding tert-OH is 1. The van der Waals surface area contributed by atoms with Crippen LogP contribution in [0.4, 0.5) is 0 Å². The summed E-state index contributed by atoms with van der Waals surface area (Å²) in [6.07, 6.45) is 0.711. The average Bonchev–Trinajstić information content (AvgIpc) is 2.77. The van der Waals surface area contributed by atoms with Crippen molar-refractivity contribution in [2.45, 2.75) is 26.4 Å². The van der Waals surface area contributed by atoms with E-state index in [-0.39, 0.29) is 11.9 Å². The highest BCUT2D eigenvalue weighted by molar-refractivity contribution is 5.97. The first-order valence-corrected chi connectivity index (χ1v) is 6.56. The summed E-state index contributed by atoms with van der Waals surface area (Å²) in [7, 11) is 0. The van der Waals surface area contributed by atoms with Crippen LogP contribution >= 0.6 is 0 Å². The van der Waals surface area contributed by atoms with Gasteiger partial charge in [-0.3, -0.25) is 9.69 Å². The monoisotopic (exact) mass is 247 g/mol. The van der Waals surface area contributed by atoms with Gasteiger partial charge in [0.2, 0.25) is 0 Å². The van der Waals surface area contributed by atoms with Crippen LogP contribution in [0, 0.1) is 12.8 Å². The number of aryl methyl sites for hydroxylation is 1. The van der Waals surface area contributed by atoms with E-state index >= 15 is 0 Å². The maximum atomic E-state index is 12.1. The number of Topliss-reactive ketones (excluding diaryl/α,β-unsaturated/α-hetero) is 1. The first-order chi connectivity index (χ1) is 8.56. The summed E-state index contributed by atoms with van der Waals surface area (Å²) in [5, 5.41) is 9.55. The number of aliphatic hydroxyl groups is 1. The minimum Gasteiger partial charge on any atom is -0.393 e. The fourth-order valence-corrected chi connectivity index (χ4v) is 2.51. The molecule has 2 rings (SSSR count). The van der Waals surface area contributed by atoms with Crippen LogP contribution < -0.4 is 0 Å². The number of likely N-dealkylation sites (tertiary alicyclic amines) is 1. The topological polar surface area (TPSA) is 40.5 Å². The molecule has 1 aromatic rings. The van der Waals surface area contributed by atoms with Crippen LogP contribution in [-0.2, 0) is 0 Å². The van der Waals surface area contributed by atoms with Gasteiger partial charge in [0.15, 0.2) is 5.78 Å². The number of ketones is 1. The molecule has 1 aliphatic heterocycles. The smallest absolute Gasteiger partial charge is 0.176 e. The SMILES string of the molecule is Cc1cccc(C(=O)CN2CCC(C(C)O)C2)c1. The van der Waals surface area contributed by atoms with Gasteiger partial charge in [-0.1, -0.05) is 23.8 Å². The molecule has 1 aromatic carbocycles. The summed E-state index contributed by atoms with van der Waals surface area (Å²) in [4.78, 5) is 14.3. The van der Waals surface area contributed by atoms with Crippen molar-refractivity contribution in [1.29, 1.82) is 0 Å². The summed E-state index contributed by atoms with van der Waals surface area (Å²) >= 11 is 0. The third-order valence-electron chi connectivity index (χ3n) is 3.70. The Kier molecular flexibility index (Phi) is 4.15. The lowest BCUT2D eigenvalue weighted by atomic mass is 10.0. The number of rotatable bonds is 4. The first-order valence-electron chi connectivity index (χ1n) is 6.56. The van der Waals surface area contributed by atoms with E-state index in [1.807, 2.05) is 38.1 Å². The van der Waals surface area contributed by atoms with E-state index in [1.54, 1.807) is 0 Å². The van der Waals surface area contributed by atoms with Crippen molar-refractivity contribution in [2.75, 3.05) is 19.6 Å². The Morgan fingerprint density at radius 3 is 2.94 bits per heavy atom. The van der Waals surface area contributed by atoms with E-state index in [0.29, 0.717) is 12.5 Å². The number of hydrogen-bond acceptors (Lipinski definition) is 3. The summed E-state index contributed by atoms with van der Waals surface area (Å²) in [5.74, 6) is 0.486. The van der Waals surface area contributed by atoms with Crippen molar-refractivity contribution in [2.24, 2.45) is 5.92 Å². The Labute approximate surface area is 108 Å². The molecule has 18 heavy (non-hydrogen) atoms. The molecule has 3 nitrogen and oxygen atoms in total. The van der Waals surface area contributed by atoms with Gasteiger partial charge in [0.1, 0.15) is 0 Å². The van der Waals surface area contributed by atoms with Gasteiger partial charge in [-0.15, -0.1) is 0 Å². The Hall–Kier alpha value is -1.19. The van der Waals surface area contributed by atoms with Gasteiger partial charge in [-0.2, -0.15) is 0 Å². The predicted octanol–water partition coefficient (Wildman–Crippen LogP) is 1.88. The van der Waals surface area contributed by atoms with Crippen molar-refractivity contribution >= 4 is 5.78 Å². The normalized spacial score (nSPS) is 22.1. The summed E-state index contributed by atoms with van der Waals surface area (Å²) in [6, 6.07) is 7.73. The molecule has 0 radical (unpaired) electrons. The minimum absolute atomic E-state index is 0.171. The van der Waals surface area contributed by atoms with Crippen molar-refractivity contribution < 1.29 is 9.90 Å². The molecule has 1 heterocycles. The van der Waals surface area contributed by atoms with Crippen molar-refractivity contribution in [3.8, 4) is 0 Å². The van der Waals surface area contributed by atoms with E-state index in [1.165, 1.54) is 0 Å². The van der Waals surface area contributed by atoms with Gasteiger partial charge in [0.05, 0.1) is 12.6 Å². The van der Waals surface area contributed by atoms with Gasteiger partial charge >= 0.3 is 0 Å². The lowest BCUT2D eigenvalue weighted by Crippen LogP contribution is -2.29. The second-order valence-electron chi connectivity index (χ2n) is 5.32. The second kappa shape index (κ2) is 5.63. The van der Waals surface area contributed by atoms with Gasteiger partial charge in [-0.25, -0.2) is 0 Å². The minimum atomic E-state index is -0.274. The van der Waals surface area contributed by atoms with E-state index < -0.39 is 0 Å². The van der Waals surface area contributed by atoms with Gasteiger partial charge in [0.25, 0.3) is 0 Å². The maximum Gasteiger partial charge on any atom is 0.176 e. The van der Waals surface area contributed by atoms with Crippen LogP contribution in [0.3, 0.4) is 0 Å². The molecule has 1 saturated heterocycles. The Balaban J connectivity index is 1.93. The maximum absolute atomic E-state index is 12.1. The zero-order chi connectivity index (χ0) is 13.1. The highest BCUT2D eigenvalue weighted by Crippen LogP contribution is 2.19. The summed E-state index contributed by atoms with van der Waals surface area (Å²) < 4.78 is 0. The zero-order valence-corrected chi connectivity index (χ0v) is 11.1. The molecule has 0 amide bonds. The van der Waals surface area contributed by atoms with E-state index in [0.717, 1.165) is 30.6 Å². The molecular weight excluding hydrogens is 226 g/mol. The zero-order valence-electron chi connectivity index (χ0n) is 11.1.